The van der Waals surface area contributed by atoms with Gasteiger partial charge in [0.25, 0.3) is 0 Å². The largest absolute Gasteiger partial charge is 0.394 e. The van der Waals surface area contributed by atoms with E-state index in [-0.39, 0.29) is 19.1 Å². The number of ether oxygens (including phenoxy) is 1. The standard InChI is InChI=1S/C17H25NO3/c1-14-7-9-17(13-19,10-8-14)18-16(20)12-21-11-15-5-3-2-4-6-15/h2-6,14,19H,7-13H2,1H3,(H,18,20). The Morgan fingerprint density at radius 3 is 2.62 bits per heavy atom. The molecule has 116 valence electrons. The van der Waals surface area contributed by atoms with Crippen molar-refractivity contribution in [3.63, 3.8) is 0 Å². The molecule has 0 aromatic heterocycles. The molecule has 0 aliphatic heterocycles. The Morgan fingerprint density at radius 2 is 2.00 bits per heavy atom. The molecule has 0 radical (unpaired) electrons. The molecule has 1 aromatic carbocycles. The predicted octanol–water partition coefficient (Wildman–Crippen LogP) is 2.26. The lowest BCUT2D eigenvalue weighted by Gasteiger charge is -2.38. The summed E-state index contributed by atoms with van der Waals surface area (Å²) >= 11 is 0. The molecular formula is C17H25NO3. The number of carbonyl (C=O) groups excluding carboxylic acids is 1. The van der Waals surface area contributed by atoms with Gasteiger partial charge in [-0.05, 0) is 37.2 Å². The minimum absolute atomic E-state index is 0.00411. The van der Waals surface area contributed by atoms with Crippen LogP contribution >= 0.6 is 0 Å². The molecule has 0 atom stereocenters. The molecule has 1 aliphatic carbocycles. The van der Waals surface area contributed by atoms with Crippen molar-refractivity contribution in [2.45, 2.75) is 44.8 Å². The van der Waals surface area contributed by atoms with Crippen LogP contribution in [0.1, 0.15) is 38.2 Å². The molecule has 0 heterocycles. The monoisotopic (exact) mass is 291 g/mol. The van der Waals surface area contributed by atoms with E-state index in [9.17, 15) is 9.90 Å². The Morgan fingerprint density at radius 1 is 1.33 bits per heavy atom. The van der Waals surface area contributed by atoms with Crippen molar-refractivity contribution in [1.82, 2.24) is 5.32 Å². The van der Waals surface area contributed by atoms with E-state index in [1.54, 1.807) is 0 Å². The van der Waals surface area contributed by atoms with Crippen LogP contribution in [-0.2, 0) is 16.1 Å². The van der Waals surface area contributed by atoms with Crippen LogP contribution in [0.4, 0.5) is 0 Å². The van der Waals surface area contributed by atoms with Gasteiger partial charge in [-0.2, -0.15) is 0 Å². The van der Waals surface area contributed by atoms with Gasteiger partial charge >= 0.3 is 0 Å². The summed E-state index contributed by atoms with van der Waals surface area (Å²) in [6.45, 7) is 2.68. The van der Waals surface area contributed by atoms with Crippen LogP contribution < -0.4 is 5.32 Å². The molecule has 0 saturated heterocycles. The third-order valence-corrected chi connectivity index (χ3v) is 4.28. The van der Waals surface area contributed by atoms with Crippen molar-refractivity contribution >= 4 is 5.91 Å². The number of rotatable bonds is 6. The zero-order valence-electron chi connectivity index (χ0n) is 12.7. The van der Waals surface area contributed by atoms with Crippen LogP contribution in [0, 0.1) is 5.92 Å². The Hall–Kier alpha value is -1.39. The van der Waals surface area contributed by atoms with Gasteiger partial charge in [-0.1, -0.05) is 37.3 Å². The summed E-state index contributed by atoms with van der Waals surface area (Å²) in [6.07, 6.45) is 3.78. The number of aliphatic hydroxyl groups excluding tert-OH is 1. The lowest BCUT2D eigenvalue weighted by Crippen LogP contribution is -2.54. The maximum absolute atomic E-state index is 12.0. The average Bonchev–Trinajstić information content (AvgIpc) is 2.51. The van der Waals surface area contributed by atoms with Crippen molar-refractivity contribution in [2.75, 3.05) is 13.2 Å². The van der Waals surface area contributed by atoms with Gasteiger partial charge in [-0.15, -0.1) is 0 Å². The highest BCUT2D eigenvalue weighted by Gasteiger charge is 2.34. The molecule has 4 nitrogen and oxygen atoms in total. The predicted molar refractivity (Wildman–Crippen MR) is 81.7 cm³/mol. The first kappa shape index (κ1) is 16.0. The second-order valence-electron chi connectivity index (χ2n) is 6.15. The van der Waals surface area contributed by atoms with E-state index < -0.39 is 5.54 Å². The molecule has 1 aliphatic rings. The average molecular weight is 291 g/mol. The van der Waals surface area contributed by atoms with Gasteiger partial charge in [0.1, 0.15) is 6.61 Å². The molecule has 0 bridgehead atoms. The smallest absolute Gasteiger partial charge is 0.246 e. The van der Waals surface area contributed by atoms with E-state index in [0.717, 1.165) is 31.2 Å². The minimum Gasteiger partial charge on any atom is -0.394 e. The number of carbonyl (C=O) groups is 1. The van der Waals surface area contributed by atoms with Crippen LogP contribution in [0.15, 0.2) is 30.3 Å². The van der Waals surface area contributed by atoms with Crippen LogP contribution in [0.25, 0.3) is 0 Å². The van der Waals surface area contributed by atoms with Crippen LogP contribution in [-0.4, -0.2) is 29.8 Å². The molecule has 1 aromatic rings. The van der Waals surface area contributed by atoms with E-state index in [1.165, 1.54) is 0 Å². The summed E-state index contributed by atoms with van der Waals surface area (Å²) in [7, 11) is 0. The highest BCUT2D eigenvalue weighted by molar-refractivity contribution is 5.78. The highest BCUT2D eigenvalue weighted by Crippen LogP contribution is 2.31. The fourth-order valence-electron chi connectivity index (χ4n) is 2.81. The molecule has 1 saturated carbocycles. The molecule has 21 heavy (non-hydrogen) atoms. The zero-order valence-corrected chi connectivity index (χ0v) is 12.7. The third kappa shape index (κ3) is 4.83. The number of hydrogen-bond acceptors (Lipinski definition) is 3. The summed E-state index contributed by atoms with van der Waals surface area (Å²) in [4.78, 5) is 12.0. The Bertz CT molecular complexity index is 439. The molecule has 0 unspecified atom stereocenters. The van der Waals surface area contributed by atoms with Gasteiger partial charge in [0.05, 0.1) is 18.8 Å². The molecule has 4 heteroatoms. The van der Waals surface area contributed by atoms with Crippen LogP contribution in [0.5, 0.6) is 0 Å². The van der Waals surface area contributed by atoms with Crippen LogP contribution in [0.2, 0.25) is 0 Å². The first-order chi connectivity index (χ1) is 10.1. The van der Waals surface area contributed by atoms with E-state index in [0.29, 0.717) is 12.5 Å². The van der Waals surface area contributed by atoms with Gasteiger partial charge < -0.3 is 15.2 Å². The maximum Gasteiger partial charge on any atom is 0.246 e. The molecule has 0 spiro atoms. The van der Waals surface area contributed by atoms with Crippen molar-refractivity contribution < 1.29 is 14.6 Å². The van der Waals surface area contributed by atoms with Gasteiger partial charge in [-0.3, -0.25) is 4.79 Å². The fourth-order valence-corrected chi connectivity index (χ4v) is 2.81. The molecule has 1 amide bonds. The van der Waals surface area contributed by atoms with Crippen molar-refractivity contribution in [3.05, 3.63) is 35.9 Å². The number of benzene rings is 1. The second kappa shape index (κ2) is 7.57. The normalized spacial score (nSPS) is 25.5. The van der Waals surface area contributed by atoms with Gasteiger partial charge in [0.2, 0.25) is 5.91 Å². The lowest BCUT2D eigenvalue weighted by atomic mass is 9.77. The zero-order chi connectivity index (χ0) is 15.1. The lowest BCUT2D eigenvalue weighted by molar-refractivity contribution is -0.129. The third-order valence-electron chi connectivity index (χ3n) is 4.28. The van der Waals surface area contributed by atoms with E-state index >= 15 is 0 Å². The number of aliphatic hydroxyl groups is 1. The fraction of sp³-hybridized carbons (Fsp3) is 0.588. The Balaban J connectivity index is 1.75. The highest BCUT2D eigenvalue weighted by atomic mass is 16.5. The Labute approximate surface area is 126 Å². The van der Waals surface area contributed by atoms with Crippen LogP contribution in [0.3, 0.4) is 0 Å². The number of hydrogen-bond donors (Lipinski definition) is 2. The van der Waals surface area contributed by atoms with E-state index in [4.69, 9.17) is 4.74 Å². The first-order valence-corrected chi connectivity index (χ1v) is 7.67. The van der Waals surface area contributed by atoms with Gasteiger partial charge in [-0.25, -0.2) is 0 Å². The molecule has 2 rings (SSSR count). The maximum atomic E-state index is 12.0. The second-order valence-corrected chi connectivity index (χ2v) is 6.15. The summed E-state index contributed by atoms with van der Waals surface area (Å²) in [5.41, 5.74) is 0.605. The van der Waals surface area contributed by atoms with E-state index in [1.807, 2.05) is 30.3 Å². The summed E-state index contributed by atoms with van der Waals surface area (Å²) in [5, 5.41) is 12.6. The van der Waals surface area contributed by atoms with Crippen molar-refractivity contribution in [3.8, 4) is 0 Å². The molecule has 2 N–H and O–H groups in total. The summed E-state index contributed by atoms with van der Waals surface area (Å²) in [5.74, 6) is 0.533. The Kier molecular flexibility index (Phi) is 5.76. The molecule has 1 fully saturated rings. The van der Waals surface area contributed by atoms with Crippen molar-refractivity contribution in [1.29, 1.82) is 0 Å². The summed E-state index contributed by atoms with van der Waals surface area (Å²) < 4.78 is 5.44. The topological polar surface area (TPSA) is 58.6 Å². The first-order valence-electron chi connectivity index (χ1n) is 7.67. The van der Waals surface area contributed by atoms with Gasteiger partial charge in [0, 0.05) is 0 Å². The molecular weight excluding hydrogens is 266 g/mol. The summed E-state index contributed by atoms with van der Waals surface area (Å²) in [6, 6.07) is 9.78. The van der Waals surface area contributed by atoms with Crippen molar-refractivity contribution in [2.24, 2.45) is 5.92 Å². The SMILES string of the molecule is CC1CCC(CO)(NC(=O)COCc2ccccc2)CC1. The van der Waals surface area contributed by atoms with E-state index in [2.05, 4.69) is 12.2 Å². The van der Waals surface area contributed by atoms with Gasteiger partial charge in [0.15, 0.2) is 0 Å². The number of nitrogens with one attached hydrogen (secondary N) is 1. The minimum atomic E-state index is -0.445. The number of amides is 1. The quantitative estimate of drug-likeness (QED) is 0.845.